The third-order valence-electron chi connectivity index (χ3n) is 3.72. The standard InChI is InChI=1S/C14H21FN2O2S2/c1-3-20-13-6-4-5-12(13)17-21(18,19)14-8-11(16)10(15)7-9(14)2/h7-8,12-13,17H,3-6,16H2,1-2H3. The van der Waals surface area contributed by atoms with E-state index in [2.05, 4.69) is 11.6 Å². The molecule has 1 aliphatic rings. The lowest BCUT2D eigenvalue weighted by Crippen LogP contribution is -2.39. The average Bonchev–Trinajstić information content (AvgIpc) is 2.81. The fourth-order valence-corrected chi connectivity index (χ4v) is 5.55. The van der Waals surface area contributed by atoms with Crippen LogP contribution in [0, 0.1) is 12.7 Å². The van der Waals surface area contributed by atoms with Crippen LogP contribution in [0.5, 0.6) is 0 Å². The van der Waals surface area contributed by atoms with E-state index < -0.39 is 15.8 Å². The Labute approximate surface area is 129 Å². The molecule has 0 spiro atoms. The third kappa shape index (κ3) is 3.70. The summed E-state index contributed by atoms with van der Waals surface area (Å²) in [5.74, 6) is 0.373. The highest BCUT2D eigenvalue weighted by molar-refractivity contribution is 8.00. The summed E-state index contributed by atoms with van der Waals surface area (Å²) in [6.07, 6.45) is 2.89. The second kappa shape index (κ2) is 6.54. The lowest BCUT2D eigenvalue weighted by molar-refractivity contribution is 0.554. The van der Waals surface area contributed by atoms with Crippen molar-refractivity contribution in [2.45, 2.75) is 49.3 Å². The average molecular weight is 332 g/mol. The molecular weight excluding hydrogens is 311 g/mol. The number of halogens is 1. The van der Waals surface area contributed by atoms with Gasteiger partial charge in [-0.2, -0.15) is 11.8 Å². The van der Waals surface area contributed by atoms with E-state index in [-0.39, 0.29) is 16.6 Å². The minimum Gasteiger partial charge on any atom is -0.396 e. The molecule has 0 bridgehead atoms. The van der Waals surface area contributed by atoms with Crippen LogP contribution in [0.2, 0.25) is 0 Å². The lowest BCUT2D eigenvalue weighted by Gasteiger charge is -2.21. The lowest BCUT2D eigenvalue weighted by atomic mass is 10.2. The van der Waals surface area contributed by atoms with Gasteiger partial charge in [0.05, 0.1) is 10.6 Å². The molecule has 2 unspecified atom stereocenters. The molecule has 2 atom stereocenters. The number of sulfonamides is 1. The Balaban J connectivity index is 2.24. The fourth-order valence-electron chi connectivity index (χ4n) is 2.70. The quantitative estimate of drug-likeness (QED) is 0.813. The van der Waals surface area contributed by atoms with Gasteiger partial charge in [0, 0.05) is 11.3 Å². The van der Waals surface area contributed by atoms with Crippen molar-refractivity contribution in [3.63, 3.8) is 0 Å². The molecule has 0 heterocycles. The van der Waals surface area contributed by atoms with Crippen LogP contribution in [-0.4, -0.2) is 25.5 Å². The number of nitrogens with two attached hydrogens (primary N) is 1. The van der Waals surface area contributed by atoms with Gasteiger partial charge in [0.25, 0.3) is 0 Å². The van der Waals surface area contributed by atoms with Gasteiger partial charge in [-0.15, -0.1) is 0 Å². The first-order valence-corrected chi connectivity index (χ1v) is 9.58. The maximum atomic E-state index is 13.4. The predicted octanol–water partition coefficient (Wildman–Crippen LogP) is 2.67. The fraction of sp³-hybridized carbons (Fsp3) is 0.571. The molecule has 118 valence electrons. The van der Waals surface area contributed by atoms with Crippen LogP contribution in [0.3, 0.4) is 0 Å². The van der Waals surface area contributed by atoms with E-state index in [9.17, 15) is 12.8 Å². The van der Waals surface area contributed by atoms with E-state index >= 15 is 0 Å². The minimum absolute atomic E-state index is 0.0635. The van der Waals surface area contributed by atoms with Gasteiger partial charge in [-0.05, 0) is 43.2 Å². The molecule has 0 radical (unpaired) electrons. The van der Waals surface area contributed by atoms with Gasteiger partial charge in [0.1, 0.15) is 5.82 Å². The molecule has 1 aliphatic carbocycles. The number of rotatable bonds is 5. The zero-order valence-corrected chi connectivity index (χ0v) is 13.9. The largest absolute Gasteiger partial charge is 0.396 e. The highest BCUT2D eigenvalue weighted by atomic mass is 32.2. The van der Waals surface area contributed by atoms with Crippen LogP contribution in [0.1, 0.15) is 31.7 Å². The first-order valence-electron chi connectivity index (χ1n) is 7.04. The molecule has 0 aromatic heterocycles. The molecule has 3 N–H and O–H groups in total. The number of aryl methyl sites for hydroxylation is 1. The van der Waals surface area contributed by atoms with Crippen molar-refractivity contribution in [1.29, 1.82) is 0 Å². The van der Waals surface area contributed by atoms with Crippen molar-refractivity contribution in [2.24, 2.45) is 0 Å². The number of hydrogen-bond acceptors (Lipinski definition) is 4. The monoisotopic (exact) mass is 332 g/mol. The highest BCUT2D eigenvalue weighted by Gasteiger charge is 2.32. The number of hydrogen-bond donors (Lipinski definition) is 2. The summed E-state index contributed by atoms with van der Waals surface area (Å²) in [6, 6.07) is 2.30. The highest BCUT2D eigenvalue weighted by Crippen LogP contribution is 2.31. The van der Waals surface area contributed by atoms with Gasteiger partial charge in [-0.25, -0.2) is 17.5 Å². The summed E-state index contributed by atoms with van der Waals surface area (Å²) < 4.78 is 41.2. The first-order chi connectivity index (χ1) is 9.85. The van der Waals surface area contributed by atoms with E-state index in [0.29, 0.717) is 10.8 Å². The zero-order valence-electron chi connectivity index (χ0n) is 12.2. The van der Waals surface area contributed by atoms with Crippen molar-refractivity contribution in [3.05, 3.63) is 23.5 Å². The summed E-state index contributed by atoms with van der Waals surface area (Å²) in [4.78, 5) is 0.0635. The molecule has 2 rings (SSSR count). The summed E-state index contributed by atoms with van der Waals surface area (Å²) in [5, 5.41) is 0.308. The second-order valence-electron chi connectivity index (χ2n) is 5.29. The molecular formula is C14H21FN2O2S2. The Morgan fingerprint density at radius 1 is 1.43 bits per heavy atom. The van der Waals surface area contributed by atoms with Crippen molar-refractivity contribution < 1.29 is 12.8 Å². The maximum Gasteiger partial charge on any atom is 0.241 e. The van der Waals surface area contributed by atoms with Crippen LogP contribution in [0.25, 0.3) is 0 Å². The zero-order chi connectivity index (χ0) is 15.6. The molecule has 1 aromatic carbocycles. The molecule has 1 saturated carbocycles. The number of anilines is 1. The summed E-state index contributed by atoms with van der Waals surface area (Å²) in [7, 11) is -3.67. The van der Waals surface area contributed by atoms with Crippen LogP contribution >= 0.6 is 11.8 Å². The third-order valence-corrected chi connectivity index (χ3v) is 6.68. The summed E-state index contributed by atoms with van der Waals surface area (Å²) >= 11 is 1.78. The van der Waals surface area contributed by atoms with Crippen LogP contribution < -0.4 is 10.5 Å². The number of benzene rings is 1. The maximum absolute atomic E-state index is 13.4. The van der Waals surface area contributed by atoms with Gasteiger partial charge >= 0.3 is 0 Å². The molecule has 7 heteroatoms. The smallest absolute Gasteiger partial charge is 0.241 e. The molecule has 0 aliphatic heterocycles. The SMILES string of the molecule is CCSC1CCCC1NS(=O)(=O)c1cc(N)c(F)cc1C. The van der Waals surface area contributed by atoms with Crippen molar-refractivity contribution in [1.82, 2.24) is 4.72 Å². The normalized spacial score (nSPS) is 22.6. The molecule has 1 aromatic rings. The van der Waals surface area contributed by atoms with E-state index in [1.54, 1.807) is 18.7 Å². The number of nitrogens with one attached hydrogen (secondary N) is 1. The number of thioether (sulfide) groups is 1. The summed E-state index contributed by atoms with van der Waals surface area (Å²) in [5.41, 5.74) is 5.72. The predicted molar refractivity (Wildman–Crippen MR) is 85.4 cm³/mol. The van der Waals surface area contributed by atoms with E-state index in [0.717, 1.165) is 31.1 Å². The Kier molecular flexibility index (Phi) is 5.16. The molecule has 0 saturated heterocycles. The van der Waals surface area contributed by atoms with Crippen LogP contribution in [0.15, 0.2) is 17.0 Å². The van der Waals surface area contributed by atoms with Gasteiger partial charge < -0.3 is 5.73 Å². The van der Waals surface area contributed by atoms with Crippen LogP contribution in [-0.2, 0) is 10.0 Å². The second-order valence-corrected chi connectivity index (χ2v) is 8.49. The Hall–Kier alpha value is -0.790. The first kappa shape index (κ1) is 16.6. The van der Waals surface area contributed by atoms with Gasteiger partial charge in [-0.3, -0.25) is 0 Å². The van der Waals surface area contributed by atoms with Crippen molar-refractivity contribution in [3.8, 4) is 0 Å². The Morgan fingerprint density at radius 2 is 2.14 bits per heavy atom. The van der Waals surface area contributed by atoms with Gasteiger partial charge in [-0.1, -0.05) is 13.3 Å². The Bertz CT molecular complexity index is 620. The molecule has 21 heavy (non-hydrogen) atoms. The van der Waals surface area contributed by atoms with E-state index in [1.807, 2.05) is 0 Å². The van der Waals surface area contributed by atoms with Gasteiger partial charge in [0.15, 0.2) is 0 Å². The van der Waals surface area contributed by atoms with Crippen molar-refractivity contribution >= 4 is 27.5 Å². The van der Waals surface area contributed by atoms with E-state index in [4.69, 9.17) is 5.73 Å². The molecule has 4 nitrogen and oxygen atoms in total. The minimum atomic E-state index is -3.67. The number of nitrogen functional groups attached to an aromatic ring is 1. The Morgan fingerprint density at radius 3 is 2.81 bits per heavy atom. The van der Waals surface area contributed by atoms with Crippen LogP contribution in [0.4, 0.5) is 10.1 Å². The van der Waals surface area contributed by atoms with Crippen molar-refractivity contribution in [2.75, 3.05) is 11.5 Å². The topological polar surface area (TPSA) is 72.2 Å². The van der Waals surface area contributed by atoms with E-state index in [1.165, 1.54) is 6.07 Å². The van der Waals surface area contributed by atoms with Gasteiger partial charge in [0.2, 0.25) is 10.0 Å². The summed E-state index contributed by atoms with van der Waals surface area (Å²) in [6.45, 7) is 3.64. The molecule has 1 fully saturated rings. The molecule has 0 amide bonds.